The lowest BCUT2D eigenvalue weighted by Gasteiger charge is -2.37. The molecule has 1 fully saturated rings. The van der Waals surface area contributed by atoms with Gasteiger partial charge in [-0.05, 0) is 45.6 Å². The summed E-state index contributed by atoms with van der Waals surface area (Å²) in [6.45, 7) is 12.2. The summed E-state index contributed by atoms with van der Waals surface area (Å²) >= 11 is 1.80. The molecular weight excluding hydrogens is 336 g/mol. The number of urea groups is 1. The Morgan fingerprint density at radius 3 is 2.48 bits per heavy atom. The molecule has 2 heterocycles. The van der Waals surface area contributed by atoms with Crippen LogP contribution in [0.4, 0.5) is 4.79 Å². The fraction of sp³-hybridized carbons (Fsp3) is 0.667. The highest BCUT2D eigenvalue weighted by Gasteiger charge is 2.27. The van der Waals surface area contributed by atoms with Crippen molar-refractivity contribution in [3.05, 3.63) is 22.4 Å². The average Bonchev–Trinajstić information content (AvgIpc) is 3.04. The lowest BCUT2D eigenvalue weighted by molar-refractivity contribution is -0.125. The molecule has 0 aromatic carbocycles. The average molecular weight is 367 g/mol. The zero-order chi connectivity index (χ0) is 18.4. The van der Waals surface area contributed by atoms with Crippen molar-refractivity contribution in [2.45, 2.75) is 45.7 Å². The Balaban J connectivity index is 1.71. The van der Waals surface area contributed by atoms with Gasteiger partial charge in [0.25, 0.3) is 0 Å². The zero-order valence-corrected chi connectivity index (χ0v) is 16.5. The highest BCUT2D eigenvalue weighted by atomic mass is 32.1. The van der Waals surface area contributed by atoms with Gasteiger partial charge in [-0.3, -0.25) is 15.0 Å². The monoisotopic (exact) mass is 366 g/mol. The molecule has 0 aliphatic carbocycles. The van der Waals surface area contributed by atoms with Gasteiger partial charge in [-0.2, -0.15) is 0 Å². The second kappa shape index (κ2) is 8.78. The first-order chi connectivity index (χ1) is 11.7. The highest BCUT2D eigenvalue weighted by molar-refractivity contribution is 7.09. The Morgan fingerprint density at radius 1 is 1.24 bits per heavy atom. The van der Waals surface area contributed by atoms with Crippen molar-refractivity contribution in [1.82, 2.24) is 20.4 Å². The maximum Gasteiger partial charge on any atom is 0.321 e. The van der Waals surface area contributed by atoms with Gasteiger partial charge >= 0.3 is 6.03 Å². The molecule has 2 rings (SSSR count). The Kier molecular flexibility index (Phi) is 6.98. The van der Waals surface area contributed by atoms with Crippen LogP contribution < -0.4 is 10.6 Å². The summed E-state index contributed by atoms with van der Waals surface area (Å²) in [6.07, 6.45) is 1.08. The lowest BCUT2D eigenvalue weighted by Crippen LogP contribution is -2.56. The molecule has 1 aliphatic rings. The number of nitrogens with one attached hydrogen (secondary N) is 2. The van der Waals surface area contributed by atoms with Crippen molar-refractivity contribution >= 4 is 23.3 Å². The van der Waals surface area contributed by atoms with E-state index in [2.05, 4.69) is 37.9 Å². The predicted molar refractivity (Wildman–Crippen MR) is 102 cm³/mol. The third kappa shape index (κ3) is 6.76. The summed E-state index contributed by atoms with van der Waals surface area (Å²) in [5.41, 5.74) is -0.359. The van der Waals surface area contributed by atoms with Crippen LogP contribution in [0.15, 0.2) is 17.5 Å². The van der Waals surface area contributed by atoms with Crippen LogP contribution in [0.25, 0.3) is 0 Å². The molecule has 1 aromatic rings. The first-order valence-corrected chi connectivity index (χ1v) is 9.74. The molecule has 1 aliphatic heterocycles. The molecule has 1 saturated heterocycles. The van der Waals surface area contributed by atoms with E-state index in [4.69, 9.17) is 0 Å². The van der Waals surface area contributed by atoms with Gasteiger partial charge in [0.05, 0.1) is 6.04 Å². The molecule has 25 heavy (non-hydrogen) atoms. The van der Waals surface area contributed by atoms with Crippen molar-refractivity contribution in [2.75, 3.05) is 32.7 Å². The fourth-order valence-corrected chi connectivity index (χ4v) is 3.55. The molecule has 1 aromatic heterocycles. The SMILES string of the molecule is C[C@H](C(=O)NC(=O)NC(C)(C)C)N1CCN(CCc2cccs2)CC1. The summed E-state index contributed by atoms with van der Waals surface area (Å²) in [7, 11) is 0. The number of nitrogens with zero attached hydrogens (tertiary/aromatic N) is 2. The Bertz CT molecular complexity index is 560. The number of thiophene rings is 1. The van der Waals surface area contributed by atoms with E-state index in [1.165, 1.54) is 4.88 Å². The van der Waals surface area contributed by atoms with Gasteiger partial charge in [-0.25, -0.2) is 4.79 Å². The van der Waals surface area contributed by atoms with Crippen LogP contribution in [0, 0.1) is 0 Å². The smallest absolute Gasteiger partial charge is 0.321 e. The van der Waals surface area contributed by atoms with Crippen molar-refractivity contribution in [3.8, 4) is 0 Å². The van der Waals surface area contributed by atoms with E-state index in [0.29, 0.717) is 0 Å². The maximum atomic E-state index is 12.3. The molecule has 7 heteroatoms. The van der Waals surface area contributed by atoms with Crippen LogP contribution in [0.2, 0.25) is 0 Å². The van der Waals surface area contributed by atoms with Gasteiger partial charge in [0.1, 0.15) is 0 Å². The van der Waals surface area contributed by atoms with Gasteiger partial charge in [0.2, 0.25) is 5.91 Å². The van der Waals surface area contributed by atoms with E-state index in [1.807, 2.05) is 27.7 Å². The minimum Gasteiger partial charge on any atom is -0.333 e. The summed E-state index contributed by atoms with van der Waals surface area (Å²) < 4.78 is 0. The lowest BCUT2D eigenvalue weighted by atomic mass is 10.1. The largest absolute Gasteiger partial charge is 0.333 e. The molecule has 0 bridgehead atoms. The molecular formula is C18H30N4O2S. The Labute approximate surface area is 154 Å². The molecule has 0 radical (unpaired) electrons. The minimum absolute atomic E-state index is 0.242. The Hall–Kier alpha value is -1.44. The third-order valence-electron chi connectivity index (χ3n) is 4.31. The fourth-order valence-electron chi connectivity index (χ4n) is 2.85. The third-order valence-corrected chi connectivity index (χ3v) is 5.25. The highest BCUT2D eigenvalue weighted by Crippen LogP contribution is 2.12. The van der Waals surface area contributed by atoms with Crippen molar-refractivity contribution < 1.29 is 9.59 Å². The molecule has 6 nitrogen and oxygen atoms in total. The van der Waals surface area contributed by atoms with Gasteiger partial charge in [0, 0.05) is 43.1 Å². The summed E-state index contributed by atoms with van der Waals surface area (Å²) in [5, 5.41) is 7.31. The van der Waals surface area contributed by atoms with E-state index in [1.54, 1.807) is 11.3 Å². The van der Waals surface area contributed by atoms with Crippen molar-refractivity contribution in [3.63, 3.8) is 0 Å². The number of carbonyl (C=O) groups excluding carboxylic acids is 2. The second-order valence-corrected chi connectivity index (χ2v) is 8.61. The molecule has 0 saturated carbocycles. The van der Waals surface area contributed by atoms with Gasteiger partial charge in [-0.15, -0.1) is 11.3 Å². The van der Waals surface area contributed by atoms with E-state index in [-0.39, 0.29) is 17.5 Å². The quantitative estimate of drug-likeness (QED) is 0.836. The first-order valence-electron chi connectivity index (χ1n) is 8.86. The van der Waals surface area contributed by atoms with Crippen molar-refractivity contribution in [1.29, 1.82) is 0 Å². The van der Waals surface area contributed by atoms with E-state index in [9.17, 15) is 9.59 Å². The number of hydrogen-bond acceptors (Lipinski definition) is 5. The summed E-state index contributed by atoms with van der Waals surface area (Å²) in [5.74, 6) is -0.242. The number of carbonyl (C=O) groups is 2. The standard InChI is InChI=1S/C18H30N4O2S/c1-14(16(23)19-17(24)20-18(2,3)4)22-11-9-21(10-12-22)8-7-15-6-5-13-25-15/h5-6,13-14H,7-12H2,1-4H3,(H2,19,20,23,24)/t14-/m1/s1. The van der Waals surface area contributed by atoms with Crippen LogP contribution in [0.1, 0.15) is 32.6 Å². The maximum absolute atomic E-state index is 12.3. The van der Waals surface area contributed by atoms with Crippen molar-refractivity contribution in [2.24, 2.45) is 0 Å². The second-order valence-electron chi connectivity index (χ2n) is 7.58. The van der Waals surface area contributed by atoms with Crippen LogP contribution >= 0.6 is 11.3 Å². The van der Waals surface area contributed by atoms with E-state index in [0.717, 1.165) is 39.1 Å². The molecule has 0 spiro atoms. The van der Waals surface area contributed by atoms with Gasteiger partial charge < -0.3 is 10.2 Å². The number of hydrogen-bond donors (Lipinski definition) is 2. The molecule has 1 atom stereocenters. The van der Waals surface area contributed by atoms with E-state index < -0.39 is 6.03 Å². The summed E-state index contributed by atoms with van der Waals surface area (Å²) in [4.78, 5) is 30.1. The van der Waals surface area contributed by atoms with Gasteiger partial charge in [-0.1, -0.05) is 6.07 Å². The Morgan fingerprint density at radius 2 is 1.92 bits per heavy atom. The van der Waals surface area contributed by atoms with Crippen LogP contribution in [-0.4, -0.2) is 66.0 Å². The molecule has 2 N–H and O–H groups in total. The molecule has 3 amide bonds. The molecule has 0 unspecified atom stereocenters. The van der Waals surface area contributed by atoms with Gasteiger partial charge in [0.15, 0.2) is 0 Å². The van der Waals surface area contributed by atoms with E-state index >= 15 is 0 Å². The first kappa shape index (κ1) is 19.9. The minimum atomic E-state index is -0.432. The number of amides is 3. The zero-order valence-electron chi connectivity index (χ0n) is 15.7. The molecule has 140 valence electrons. The summed E-state index contributed by atoms with van der Waals surface area (Å²) in [6, 6.07) is 3.54. The predicted octanol–water partition coefficient (Wildman–Crippen LogP) is 1.92. The van der Waals surface area contributed by atoms with Crippen LogP contribution in [0.3, 0.4) is 0 Å². The van der Waals surface area contributed by atoms with Crippen LogP contribution in [0.5, 0.6) is 0 Å². The topological polar surface area (TPSA) is 64.7 Å². The van der Waals surface area contributed by atoms with Crippen LogP contribution in [-0.2, 0) is 11.2 Å². The normalized spacial score (nSPS) is 17.9. The number of piperazine rings is 1. The number of rotatable bonds is 5. The number of imide groups is 1.